The molecule has 1 aliphatic rings. The van der Waals surface area contributed by atoms with Gasteiger partial charge in [-0.3, -0.25) is 9.69 Å². The van der Waals surface area contributed by atoms with Crippen LogP contribution >= 0.6 is 15.9 Å². The van der Waals surface area contributed by atoms with Crippen molar-refractivity contribution in [3.63, 3.8) is 0 Å². The van der Waals surface area contributed by atoms with Gasteiger partial charge in [0.1, 0.15) is 23.3 Å². The number of pyridine rings is 1. The van der Waals surface area contributed by atoms with Crippen molar-refractivity contribution in [1.29, 1.82) is 5.26 Å². The molecule has 4 aromatic rings. The van der Waals surface area contributed by atoms with Crippen LogP contribution in [0.3, 0.4) is 0 Å². The number of aromatic nitrogens is 1. The third kappa shape index (κ3) is 4.66. The Kier molecular flexibility index (Phi) is 6.64. The molecule has 36 heavy (non-hydrogen) atoms. The van der Waals surface area contributed by atoms with Crippen LogP contribution in [0.4, 0.5) is 8.78 Å². The molecule has 0 bridgehead atoms. The minimum Gasteiger partial charge on any atom is -0.321 e. The first-order valence-corrected chi connectivity index (χ1v) is 12.1. The number of nitrogens with one attached hydrogen (secondary N) is 1. The van der Waals surface area contributed by atoms with Crippen molar-refractivity contribution in [2.24, 2.45) is 0 Å². The summed E-state index contributed by atoms with van der Waals surface area (Å²) in [6.45, 7) is 1.37. The maximum absolute atomic E-state index is 15.0. The molecule has 1 aromatic heterocycles. The lowest BCUT2D eigenvalue weighted by molar-refractivity contribution is 0.282. The molecule has 2 heterocycles. The van der Waals surface area contributed by atoms with Gasteiger partial charge in [-0.15, -0.1) is 0 Å². The number of nitriles is 1. The van der Waals surface area contributed by atoms with Crippen LogP contribution in [-0.4, -0.2) is 16.4 Å². The fraction of sp³-hybridized carbons (Fsp3) is 0.103. The quantitative estimate of drug-likeness (QED) is 0.319. The summed E-state index contributed by atoms with van der Waals surface area (Å²) in [7, 11) is 0. The Morgan fingerprint density at radius 1 is 0.972 bits per heavy atom. The van der Waals surface area contributed by atoms with E-state index in [1.165, 1.54) is 12.1 Å². The zero-order valence-corrected chi connectivity index (χ0v) is 20.6. The van der Waals surface area contributed by atoms with Gasteiger partial charge in [-0.1, -0.05) is 64.5 Å². The van der Waals surface area contributed by atoms with Crippen molar-refractivity contribution in [2.75, 3.05) is 6.54 Å². The number of fused-ring (bicyclic) bond motifs is 1. The third-order valence-corrected chi connectivity index (χ3v) is 6.75. The topological polar surface area (TPSA) is 59.9 Å². The molecule has 0 saturated carbocycles. The van der Waals surface area contributed by atoms with Crippen LogP contribution in [0.15, 0.2) is 82.1 Å². The molecule has 0 atom stereocenters. The molecule has 0 radical (unpaired) electrons. The van der Waals surface area contributed by atoms with E-state index >= 15 is 0 Å². The van der Waals surface area contributed by atoms with Crippen molar-refractivity contribution in [1.82, 2.24) is 9.88 Å². The van der Waals surface area contributed by atoms with Gasteiger partial charge in [-0.25, -0.2) is 8.78 Å². The highest BCUT2D eigenvalue weighted by Crippen LogP contribution is 2.37. The van der Waals surface area contributed by atoms with Crippen molar-refractivity contribution >= 4 is 27.6 Å². The van der Waals surface area contributed by atoms with Gasteiger partial charge in [0.2, 0.25) is 0 Å². The van der Waals surface area contributed by atoms with Crippen LogP contribution < -0.4 is 5.56 Å². The zero-order chi connectivity index (χ0) is 25.2. The fourth-order valence-electron chi connectivity index (χ4n) is 4.60. The summed E-state index contributed by atoms with van der Waals surface area (Å²) >= 11 is 3.45. The lowest BCUT2D eigenvalue weighted by Crippen LogP contribution is -2.33. The van der Waals surface area contributed by atoms with Gasteiger partial charge in [0.05, 0.1) is 5.69 Å². The van der Waals surface area contributed by atoms with Gasteiger partial charge < -0.3 is 4.98 Å². The molecule has 0 unspecified atom stereocenters. The average Bonchev–Trinajstić information content (AvgIpc) is 2.87. The van der Waals surface area contributed by atoms with Crippen LogP contribution in [0.1, 0.15) is 27.9 Å². The van der Waals surface area contributed by atoms with E-state index in [1.54, 1.807) is 42.5 Å². The van der Waals surface area contributed by atoms with E-state index in [-0.39, 0.29) is 22.5 Å². The number of halogens is 3. The Morgan fingerprint density at radius 3 is 2.36 bits per heavy atom. The van der Waals surface area contributed by atoms with E-state index < -0.39 is 11.4 Å². The number of hydrogen-bond acceptors (Lipinski definition) is 3. The van der Waals surface area contributed by atoms with E-state index in [9.17, 15) is 18.8 Å². The van der Waals surface area contributed by atoms with Gasteiger partial charge in [-0.2, -0.15) is 5.26 Å². The number of aromatic amines is 1. The largest absolute Gasteiger partial charge is 0.321 e. The second kappa shape index (κ2) is 10.0. The third-order valence-electron chi connectivity index (χ3n) is 6.23. The van der Waals surface area contributed by atoms with E-state index in [1.807, 2.05) is 30.3 Å². The number of nitrogens with zero attached hydrogens (tertiary/aromatic N) is 2. The summed E-state index contributed by atoms with van der Waals surface area (Å²) in [5.74, 6) is -0.909. The second-order valence-corrected chi connectivity index (χ2v) is 9.53. The highest BCUT2D eigenvalue weighted by Gasteiger charge is 2.29. The highest BCUT2D eigenvalue weighted by molar-refractivity contribution is 9.10. The normalized spacial score (nSPS) is 14.4. The van der Waals surface area contributed by atoms with Gasteiger partial charge in [0, 0.05) is 40.8 Å². The Balaban J connectivity index is 1.73. The van der Waals surface area contributed by atoms with Gasteiger partial charge in [0.15, 0.2) is 0 Å². The SMILES string of the molecule is N#Cc1c(-c2ccccc2F)c2c([nH]c1=O)/C(=C\c1ccccc1F)CN(Cc1ccc(Br)cc1)C2. The van der Waals surface area contributed by atoms with Crippen LogP contribution in [-0.2, 0) is 13.1 Å². The molecule has 5 rings (SSSR count). The van der Waals surface area contributed by atoms with Crippen LogP contribution in [0.25, 0.3) is 22.8 Å². The summed E-state index contributed by atoms with van der Waals surface area (Å²) < 4.78 is 30.5. The molecule has 0 amide bonds. The summed E-state index contributed by atoms with van der Waals surface area (Å²) in [4.78, 5) is 17.9. The molecule has 4 nitrogen and oxygen atoms in total. The maximum Gasteiger partial charge on any atom is 0.266 e. The van der Waals surface area contributed by atoms with E-state index in [2.05, 4.69) is 25.8 Å². The number of rotatable bonds is 4. The second-order valence-electron chi connectivity index (χ2n) is 8.61. The summed E-state index contributed by atoms with van der Waals surface area (Å²) in [6, 6.07) is 22.4. The Morgan fingerprint density at radius 2 is 1.67 bits per heavy atom. The summed E-state index contributed by atoms with van der Waals surface area (Å²) in [5, 5.41) is 9.84. The molecular weight excluding hydrogens is 524 g/mol. The van der Waals surface area contributed by atoms with E-state index in [0.29, 0.717) is 42.0 Å². The Hall–Kier alpha value is -3.86. The Labute approximate surface area is 215 Å². The van der Waals surface area contributed by atoms with Gasteiger partial charge in [0.25, 0.3) is 5.56 Å². The van der Waals surface area contributed by atoms with Crippen LogP contribution in [0.5, 0.6) is 0 Å². The van der Waals surface area contributed by atoms with E-state index in [0.717, 1.165) is 10.0 Å². The summed E-state index contributed by atoms with van der Waals surface area (Å²) in [6.07, 6.45) is 1.70. The first-order valence-electron chi connectivity index (χ1n) is 11.3. The molecule has 0 fully saturated rings. The molecule has 178 valence electrons. The van der Waals surface area contributed by atoms with Crippen molar-refractivity contribution in [3.05, 3.63) is 127 Å². The monoisotopic (exact) mass is 543 g/mol. The average molecular weight is 544 g/mol. The number of H-pyrrole nitrogens is 1. The zero-order valence-electron chi connectivity index (χ0n) is 19.1. The van der Waals surface area contributed by atoms with Crippen molar-refractivity contribution < 1.29 is 8.78 Å². The van der Waals surface area contributed by atoms with Gasteiger partial charge in [-0.05, 0) is 47.0 Å². The molecule has 3 aromatic carbocycles. The predicted octanol–water partition coefficient (Wildman–Crippen LogP) is 6.51. The minimum atomic E-state index is -0.602. The van der Waals surface area contributed by atoms with Gasteiger partial charge >= 0.3 is 0 Å². The first kappa shape index (κ1) is 23.9. The fourth-order valence-corrected chi connectivity index (χ4v) is 4.86. The summed E-state index contributed by atoms with van der Waals surface area (Å²) in [5.41, 5.74) is 2.95. The first-order chi connectivity index (χ1) is 17.4. The van der Waals surface area contributed by atoms with Crippen LogP contribution in [0, 0.1) is 23.0 Å². The molecule has 7 heteroatoms. The van der Waals surface area contributed by atoms with E-state index in [4.69, 9.17) is 0 Å². The predicted molar refractivity (Wildman–Crippen MR) is 140 cm³/mol. The maximum atomic E-state index is 15.0. The van der Waals surface area contributed by atoms with Crippen molar-refractivity contribution in [2.45, 2.75) is 13.1 Å². The minimum absolute atomic E-state index is 0.144. The Bertz CT molecular complexity index is 1590. The van der Waals surface area contributed by atoms with Crippen molar-refractivity contribution in [3.8, 4) is 17.2 Å². The molecule has 1 aliphatic heterocycles. The molecule has 0 aliphatic carbocycles. The lowest BCUT2D eigenvalue weighted by Gasteiger charge is -2.32. The number of hydrogen-bond donors (Lipinski definition) is 1. The highest BCUT2D eigenvalue weighted by atomic mass is 79.9. The lowest BCUT2D eigenvalue weighted by atomic mass is 9.88. The smallest absolute Gasteiger partial charge is 0.266 e. The standard InChI is InChI=1S/C29H20BrF2N3O/c30-21-11-9-18(10-12-21)15-35-16-20(13-19-5-1-3-7-25(19)31)28-24(17-35)27(23(14-33)29(36)34-28)22-6-2-4-8-26(22)32/h1-13H,15-17H2,(H,34,36)/b20-13-. The van der Waals surface area contributed by atoms with Crippen LogP contribution in [0.2, 0.25) is 0 Å². The molecule has 1 N–H and O–H groups in total. The molecule has 0 saturated heterocycles. The molecule has 0 spiro atoms. The molecular formula is C29H20BrF2N3O. The number of benzene rings is 3.